The standard InChI is InChI=1S/C14H19F3N2O/c1-9-6-7-13(20)12(19-9)8-18-11-5-3-2-4-10(11)14(15,16)17/h6-7,10-11,18,20H,2-5,8H2,1H3/t10-,11+/m1/s1. The van der Waals surface area contributed by atoms with E-state index in [0.29, 0.717) is 18.5 Å². The molecule has 1 aliphatic carbocycles. The van der Waals surface area contributed by atoms with E-state index in [1.165, 1.54) is 6.07 Å². The molecular weight excluding hydrogens is 269 g/mol. The van der Waals surface area contributed by atoms with Gasteiger partial charge in [0.15, 0.2) is 0 Å². The number of aryl methyl sites for hydroxylation is 1. The van der Waals surface area contributed by atoms with Crippen LogP contribution in [0.3, 0.4) is 0 Å². The lowest BCUT2D eigenvalue weighted by Crippen LogP contribution is -2.45. The first-order chi connectivity index (χ1) is 9.38. The van der Waals surface area contributed by atoms with Crippen LogP contribution in [0.15, 0.2) is 12.1 Å². The molecule has 0 aromatic carbocycles. The summed E-state index contributed by atoms with van der Waals surface area (Å²) in [6.45, 7) is 1.94. The molecule has 1 saturated carbocycles. The zero-order valence-corrected chi connectivity index (χ0v) is 11.4. The summed E-state index contributed by atoms with van der Waals surface area (Å²) >= 11 is 0. The van der Waals surface area contributed by atoms with Gasteiger partial charge >= 0.3 is 6.18 Å². The van der Waals surface area contributed by atoms with Gasteiger partial charge in [0.2, 0.25) is 0 Å². The summed E-state index contributed by atoms with van der Waals surface area (Å²) in [5.41, 5.74) is 1.13. The third kappa shape index (κ3) is 3.62. The molecule has 3 nitrogen and oxygen atoms in total. The van der Waals surface area contributed by atoms with Crippen LogP contribution in [0.4, 0.5) is 13.2 Å². The summed E-state index contributed by atoms with van der Waals surface area (Å²) in [5.74, 6) is -1.29. The summed E-state index contributed by atoms with van der Waals surface area (Å²) < 4.78 is 38.9. The van der Waals surface area contributed by atoms with Gasteiger partial charge in [-0.25, -0.2) is 0 Å². The first-order valence-corrected chi connectivity index (χ1v) is 6.83. The average Bonchev–Trinajstić information content (AvgIpc) is 2.39. The highest BCUT2D eigenvalue weighted by Crippen LogP contribution is 2.37. The van der Waals surface area contributed by atoms with E-state index in [1.54, 1.807) is 13.0 Å². The van der Waals surface area contributed by atoms with Crippen LogP contribution in [0.5, 0.6) is 5.75 Å². The van der Waals surface area contributed by atoms with E-state index in [9.17, 15) is 18.3 Å². The van der Waals surface area contributed by atoms with Crippen molar-refractivity contribution in [1.82, 2.24) is 10.3 Å². The quantitative estimate of drug-likeness (QED) is 0.897. The lowest BCUT2D eigenvalue weighted by Gasteiger charge is -2.33. The van der Waals surface area contributed by atoms with Crippen LogP contribution in [-0.4, -0.2) is 22.3 Å². The van der Waals surface area contributed by atoms with E-state index in [2.05, 4.69) is 10.3 Å². The molecule has 0 amide bonds. The normalized spacial score (nSPS) is 23.8. The molecule has 0 spiro atoms. The van der Waals surface area contributed by atoms with Crippen molar-refractivity contribution in [2.45, 2.75) is 51.4 Å². The minimum atomic E-state index is -4.17. The maximum atomic E-state index is 13.0. The maximum absolute atomic E-state index is 13.0. The van der Waals surface area contributed by atoms with Crippen LogP contribution in [0.1, 0.15) is 37.1 Å². The number of nitrogens with one attached hydrogen (secondary N) is 1. The van der Waals surface area contributed by atoms with E-state index < -0.39 is 18.1 Å². The molecule has 6 heteroatoms. The van der Waals surface area contributed by atoms with Gasteiger partial charge in [-0.15, -0.1) is 0 Å². The minimum absolute atomic E-state index is 0.0162. The number of halogens is 3. The van der Waals surface area contributed by atoms with E-state index in [4.69, 9.17) is 0 Å². The van der Waals surface area contributed by atoms with Crippen LogP contribution in [0.25, 0.3) is 0 Å². The second-order valence-electron chi connectivity index (χ2n) is 5.34. The minimum Gasteiger partial charge on any atom is -0.506 e. The molecular formula is C14H19F3N2O. The van der Waals surface area contributed by atoms with Gasteiger partial charge in [-0.3, -0.25) is 4.98 Å². The summed E-state index contributed by atoms with van der Waals surface area (Å²) in [5, 5.41) is 12.6. The Bertz CT molecular complexity index is 462. The van der Waals surface area contributed by atoms with Crippen LogP contribution < -0.4 is 5.32 Å². The average molecular weight is 288 g/mol. The van der Waals surface area contributed by atoms with E-state index in [0.717, 1.165) is 12.1 Å². The topological polar surface area (TPSA) is 45.1 Å². The molecule has 0 bridgehead atoms. The molecule has 1 heterocycles. The molecule has 20 heavy (non-hydrogen) atoms. The molecule has 1 fully saturated rings. The zero-order chi connectivity index (χ0) is 14.8. The zero-order valence-electron chi connectivity index (χ0n) is 11.4. The first-order valence-electron chi connectivity index (χ1n) is 6.83. The van der Waals surface area contributed by atoms with Crippen molar-refractivity contribution >= 4 is 0 Å². The van der Waals surface area contributed by atoms with Crippen LogP contribution in [-0.2, 0) is 6.54 Å². The molecule has 1 aromatic heterocycles. The lowest BCUT2D eigenvalue weighted by atomic mass is 9.84. The first kappa shape index (κ1) is 15.1. The Kier molecular flexibility index (Phi) is 4.52. The molecule has 1 aliphatic rings. The van der Waals surface area contributed by atoms with Gasteiger partial charge in [-0.1, -0.05) is 12.8 Å². The van der Waals surface area contributed by atoms with Gasteiger partial charge in [-0.2, -0.15) is 13.2 Å². The predicted molar refractivity (Wildman–Crippen MR) is 69.3 cm³/mol. The van der Waals surface area contributed by atoms with Crippen LogP contribution >= 0.6 is 0 Å². The Hall–Kier alpha value is -1.30. The maximum Gasteiger partial charge on any atom is 0.393 e. The predicted octanol–water partition coefficient (Wildman–Crippen LogP) is 3.31. The molecule has 0 aliphatic heterocycles. The number of alkyl halides is 3. The molecule has 2 N–H and O–H groups in total. The highest BCUT2D eigenvalue weighted by molar-refractivity contribution is 5.27. The van der Waals surface area contributed by atoms with E-state index in [1.807, 2.05) is 0 Å². The summed E-state index contributed by atoms with van der Waals surface area (Å²) in [7, 11) is 0. The Morgan fingerprint density at radius 1 is 1.30 bits per heavy atom. The van der Waals surface area contributed by atoms with Crippen LogP contribution in [0, 0.1) is 12.8 Å². The number of aromatic nitrogens is 1. The smallest absolute Gasteiger partial charge is 0.393 e. The number of pyridine rings is 1. The number of hydrogen-bond donors (Lipinski definition) is 2. The molecule has 0 radical (unpaired) electrons. The van der Waals surface area contributed by atoms with Crippen molar-refractivity contribution < 1.29 is 18.3 Å². The monoisotopic (exact) mass is 288 g/mol. The van der Waals surface area contributed by atoms with Gasteiger partial charge in [0.1, 0.15) is 5.75 Å². The third-order valence-electron chi connectivity index (χ3n) is 3.81. The second-order valence-corrected chi connectivity index (χ2v) is 5.34. The van der Waals surface area contributed by atoms with E-state index in [-0.39, 0.29) is 18.7 Å². The van der Waals surface area contributed by atoms with Gasteiger partial charge in [0.25, 0.3) is 0 Å². The van der Waals surface area contributed by atoms with Crippen molar-refractivity contribution in [3.05, 3.63) is 23.5 Å². The number of hydrogen-bond acceptors (Lipinski definition) is 3. The number of nitrogens with zero attached hydrogens (tertiary/aromatic N) is 1. The van der Waals surface area contributed by atoms with Crippen molar-refractivity contribution in [2.75, 3.05) is 0 Å². The molecule has 0 saturated heterocycles. The molecule has 0 unspecified atom stereocenters. The fraction of sp³-hybridized carbons (Fsp3) is 0.643. The lowest BCUT2D eigenvalue weighted by molar-refractivity contribution is -0.189. The Morgan fingerprint density at radius 3 is 2.70 bits per heavy atom. The highest BCUT2D eigenvalue weighted by atomic mass is 19.4. The Balaban J connectivity index is 2.03. The summed E-state index contributed by atoms with van der Waals surface area (Å²) in [6.07, 6.45) is -2.06. The fourth-order valence-electron chi connectivity index (χ4n) is 2.73. The molecule has 1 aromatic rings. The van der Waals surface area contributed by atoms with Gasteiger partial charge in [0.05, 0.1) is 11.6 Å². The summed E-state index contributed by atoms with van der Waals surface area (Å²) in [6, 6.07) is 2.59. The Labute approximate surface area is 116 Å². The third-order valence-corrected chi connectivity index (χ3v) is 3.81. The van der Waals surface area contributed by atoms with Gasteiger partial charge in [0, 0.05) is 18.3 Å². The van der Waals surface area contributed by atoms with Crippen LogP contribution in [0.2, 0.25) is 0 Å². The molecule has 2 rings (SSSR count). The van der Waals surface area contributed by atoms with Crippen molar-refractivity contribution in [1.29, 1.82) is 0 Å². The van der Waals surface area contributed by atoms with Crippen molar-refractivity contribution in [2.24, 2.45) is 5.92 Å². The van der Waals surface area contributed by atoms with Gasteiger partial charge < -0.3 is 10.4 Å². The summed E-state index contributed by atoms with van der Waals surface area (Å²) in [4.78, 5) is 4.15. The molecule has 112 valence electrons. The fourth-order valence-corrected chi connectivity index (χ4v) is 2.73. The SMILES string of the molecule is Cc1ccc(O)c(CN[C@H]2CCCC[C@H]2C(F)(F)F)n1. The molecule has 2 atom stereocenters. The van der Waals surface area contributed by atoms with Crippen molar-refractivity contribution in [3.63, 3.8) is 0 Å². The van der Waals surface area contributed by atoms with E-state index >= 15 is 0 Å². The number of aromatic hydroxyl groups is 1. The number of rotatable bonds is 3. The second kappa shape index (κ2) is 5.99. The largest absolute Gasteiger partial charge is 0.506 e. The van der Waals surface area contributed by atoms with Gasteiger partial charge in [-0.05, 0) is 31.9 Å². The Morgan fingerprint density at radius 2 is 2.00 bits per heavy atom. The van der Waals surface area contributed by atoms with Crippen molar-refractivity contribution in [3.8, 4) is 5.75 Å². The highest BCUT2D eigenvalue weighted by Gasteiger charge is 2.45.